The van der Waals surface area contributed by atoms with E-state index in [0.29, 0.717) is 23.3 Å². The first-order valence-corrected chi connectivity index (χ1v) is 5.61. The lowest BCUT2D eigenvalue weighted by Gasteiger charge is -2.07. The molecular weight excluding hydrogens is 259 g/mol. The molecule has 0 aliphatic heterocycles. The summed E-state index contributed by atoms with van der Waals surface area (Å²) in [4.78, 5) is 11.5. The summed E-state index contributed by atoms with van der Waals surface area (Å²) in [5.41, 5.74) is 0. The van der Waals surface area contributed by atoms with E-state index in [9.17, 15) is 4.39 Å². The number of halogens is 2. The maximum Gasteiger partial charge on any atom is 0.260 e. The van der Waals surface area contributed by atoms with Gasteiger partial charge in [-0.25, -0.2) is 4.98 Å². The van der Waals surface area contributed by atoms with E-state index in [1.807, 2.05) is 6.92 Å². The van der Waals surface area contributed by atoms with Crippen LogP contribution in [0.2, 0.25) is 5.02 Å². The van der Waals surface area contributed by atoms with Crippen LogP contribution in [0.25, 0.3) is 0 Å². The smallest absolute Gasteiger partial charge is 0.260 e. The third-order valence-electron chi connectivity index (χ3n) is 1.94. The molecule has 94 valence electrons. The molecule has 0 aromatic carbocycles. The maximum absolute atomic E-state index is 13.5. The Morgan fingerprint density at radius 1 is 1.39 bits per heavy atom. The average Bonchev–Trinajstić information content (AvgIpc) is 2.34. The van der Waals surface area contributed by atoms with E-state index in [1.165, 1.54) is 18.5 Å². The molecule has 0 saturated heterocycles. The molecule has 18 heavy (non-hydrogen) atoms. The molecule has 2 rings (SSSR count). The highest BCUT2D eigenvalue weighted by atomic mass is 35.5. The van der Waals surface area contributed by atoms with Crippen molar-refractivity contribution in [3.63, 3.8) is 0 Å². The summed E-state index contributed by atoms with van der Waals surface area (Å²) in [6, 6.07) is 1.52. The molecule has 0 atom stereocenters. The van der Waals surface area contributed by atoms with Crippen LogP contribution in [0.15, 0.2) is 24.7 Å². The second-order valence-electron chi connectivity index (χ2n) is 3.32. The highest BCUT2D eigenvalue weighted by Gasteiger charge is 2.09. The maximum atomic E-state index is 13.5. The van der Waals surface area contributed by atoms with Gasteiger partial charge in [-0.05, 0) is 6.92 Å². The van der Waals surface area contributed by atoms with E-state index in [1.54, 1.807) is 0 Å². The Balaban J connectivity index is 2.25. The second-order valence-corrected chi connectivity index (χ2v) is 3.75. The number of hydrogen-bond acceptors (Lipinski definition) is 5. The number of nitrogens with zero attached hydrogens (tertiary/aromatic N) is 3. The van der Waals surface area contributed by atoms with Gasteiger partial charge in [0.15, 0.2) is 0 Å². The van der Waals surface area contributed by atoms with Gasteiger partial charge in [0.1, 0.15) is 5.75 Å². The summed E-state index contributed by atoms with van der Waals surface area (Å²) >= 11 is 5.75. The van der Waals surface area contributed by atoms with Crippen LogP contribution >= 0.6 is 11.6 Å². The Morgan fingerprint density at radius 3 is 2.94 bits per heavy atom. The largest absolute Gasteiger partial charge is 0.435 e. The quantitative estimate of drug-likeness (QED) is 0.924. The van der Waals surface area contributed by atoms with Crippen LogP contribution in [-0.2, 0) is 0 Å². The molecule has 2 aromatic rings. The molecule has 2 aromatic heterocycles. The third kappa shape index (κ3) is 3.04. The van der Waals surface area contributed by atoms with Crippen molar-refractivity contribution in [2.75, 3.05) is 11.9 Å². The number of rotatable bonds is 4. The van der Waals surface area contributed by atoms with Gasteiger partial charge in [-0.3, -0.25) is 4.98 Å². The van der Waals surface area contributed by atoms with Crippen molar-refractivity contribution in [1.82, 2.24) is 15.0 Å². The first-order valence-electron chi connectivity index (χ1n) is 5.24. The number of hydrogen-bond donors (Lipinski definition) is 1. The fourth-order valence-corrected chi connectivity index (χ4v) is 1.39. The standard InChI is InChI=1S/C11H10ClFN4O/c1-2-15-11-16-6-9(13)10(17-11)18-8-3-7(12)4-14-5-8/h3-6H,2H2,1H3,(H,15,16,17). The molecule has 0 aliphatic carbocycles. The van der Waals surface area contributed by atoms with E-state index in [4.69, 9.17) is 16.3 Å². The Labute approximate surface area is 108 Å². The van der Waals surface area contributed by atoms with Gasteiger partial charge in [0.2, 0.25) is 11.8 Å². The van der Waals surface area contributed by atoms with Crippen molar-refractivity contribution in [3.05, 3.63) is 35.5 Å². The predicted octanol–water partition coefficient (Wildman–Crippen LogP) is 2.89. The highest BCUT2D eigenvalue weighted by Crippen LogP contribution is 2.24. The van der Waals surface area contributed by atoms with Crippen LogP contribution in [0.1, 0.15) is 6.92 Å². The average molecular weight is 269 g/mol. The lowest BCUT2D eigenvalue weighted by Crippen LogP contribution is -2.04. The Morgan fingerprint density at radius 2 is 2.22 bits per heavy atom. The van der Waals surface area contributed by atoms with Crippen LogP contribution in [0, 0.1) is 5.82 Å². The van der Waals surface area contributed by atoms with E-state index in [0.717, 1.165) is 6.20 Å². The topological polar surface area (TPSA) is 59.9 Å². The van der Waals surface area contributed by atoms with E-state index in [2.05, 4.69) is 20.3 Å². The van der Waals surface area contributed by atoms with Crippen molar-refractivity contribution in [1.29, 1.82) is 0 Å². The van der Waals surface area contributed by atoms with Crippen molar-refractivity contribution in [3.8, 4) is 11.6 Å². The molecule has 0 aliphatic rings. The minimum Gasteiger partial charge on any atom is -0.435 e. The number of aromatic nitrogens is 3. The van der Waals surface area contributed by atoms with Crippen LogP contribution < -0.4 is 10.1 Å². The zero-order chi connectivity index (χ0) is 13.0. The van der Waals surface area contributed by atoms with Crippen LogP contribution in [0.4, 0.5) is 10.3 Å². The molecular formula is C11H10ClFN4O. The second kappa shape index (κ2) is 5.59. The number of anilines is 1. The van der Waals surface area contributed by atoms with Gasteiger partial charge in [0.05, 0.1) is 17.4 Å². The summed E-state index contributed by atoms with van der Waals surface area (Å²) in [6.45, 7) is 2.51. The van der Waals surface area contributed by atoms with Crippen LogP contribution in [0.5, 0.6) is 11.6 Å². The molecule has 0 radical (unpaired) electrons. The molecule has 7 heteroatoms. The van der Waals surface area contributed by atoms with Crippen molar-refractivity contribution in [2.45, 2.75) is 6.92 Å². The molecule has 0 amide bonds. The minimum atomic E-state index is -0.656. The minimum absolute atomic E-state index is 0.176. The fraction of sp³-hybridized carbons (Fsp3) is 0.182. The highest BCUT2D eigenvalue weighted by molar-refractivity contribution is 6.30. The summed E-state index contributed by atoms with van der Waals surface area (Å²) in [5, 5.41) is 3.26. The summed E-state index contributed by atoms with van der Waals surface area (Å²) in [6.07, 6.45) is 3.91. The molecule has 0 unspecified atom stereocenters. The SMILES string of the molecule is CCNc1ncc(F)c(Oc2cncc(Cl)c2)n1. The lowest BCUT2D eigenvalue weighted by molar-refractivity contribution is 0.419. The van der Waals surface area contributed by atoms with E-state index in [-0.39, 0.29) is 5.88 Å². The molecule has 0 spiro atoms. The van der Waals surface area contributed by atoms with Gasteiger partial charge < -0.3 is 10.1 Å². The number of ether oxygens (including phenoxy) is 1. The zero-order valence-electron chi connectivity index (χ0n) is 9.52. The third-order valence-corrected chi connectivity index (χ3v) is 2.15. The summed E-state index contributed by atoms with van der Waals surface area (Å²) in [7, 11) is 0. The van der Waals surface area contributed by atoms with Gasteiger partial charge >= 0.3 is 0 Å². The molecule has 0 fully saturated rings. The van der Waals surface area contributed by atoms with Crippen molar-refractivity contribution >= 4 is 17.5 Å². The molecule has 1 N–H and O–H groups in total. The van der Waals surface area contributed by atoms with Crippen LogP contribution in [-0.4, -0.2) is 21.5 Å². The molecule has 0 bridgehead atoms. The van der Waals surface area contributed by atoms with E-state index < -0.39 is 5.82 Å². The monoisotopic (exact) mass is 268 g/mol. The Kier molecular flexibility index (Phi) is 3.88. The normalized spacial score (nSPS) is 10.2. The number of pyridine rings is 1. The van der Waals surface area contributed by atoms with Gasteiger partial charge in [0, 0.05) is 18.8 Å². The predicted molar refractivity (Wildman–Crippen MR) is 65.5 cm³/mol. The fourth-order valence-electron chi connectivity index (χ4n) is 1.23. The first kappa shape index (κ1) is 12.5. The zero-order valence-corrected chi connectivity index (χ0v) is 10.3. The van der Waals surface area contributed by atoms with Gasteiger partial charge in [-0.2, -0.15) is 9.37 Å². The molecule has 0 saturated carbocycles. The number of nitrogens with one attached hydrogen (secondary N) is 1. The Hall–Kier alpha value is -1.95. The summed E-state index contributed by atoms with van der Waals surface area (Å²) in [5.74, 6) is -0.229. The van der Waals surface area contributed by atoms with Crippen molar-refractivity contribution in [2.24, 2.45) is 0 Å². The van der Waals surface area contributed by atoms with Crippen LogP contribution in [0.3, 0.4) is 0 Å². The Bertz CT molecular complexity index is 552. The molecule has 5 nitrogen and oxygen atoms in total. The van der Waals surface area contributed by atoms with Gasteiger partial charge in [-0.1, -0.05) is 11.6 Å². The van der Waals surface area contributed by atoms with Gasteiger partial charge in [-0.15, -0.1) is 0 Å². The van der Waals surface area contributed by atoms with Gasteiger partial charge in [0.25, 0.3) is 5.88 Å². The summed E-state index contributed by atoms with van der Waals surface area (Å²) < 4.78 is 18.7. The lowest BCUT2D eigenvalue weighted by atomic mass is 10.4. The van der Waals surface area contributed by atoms with Crippen molar-refractivity contribution < 1.29 is 9.13 Å². The van der Waals surface area contributed by atoms with E-state index >= 15 is 0 Å². The molecule has 2 heterocycles. The first-order chi connectivity index (χ1) is 8.69.